The molecule has 106 valence electrons. The van der Waals surface area contributed by atoms with Gasteiger partial charge in [-0.2, -0.15) is 0 Å². The first-order valence-corrected chi connectivity index (χ1v) is 6.49. The molecule has 0 spiro atoms. The number of carbonyl (C=O) groups is 1. The zero-order chi connectivity index (χ0) is 14.8. The van der Waals surface area contributed by atoms with Gasteiger partial charge in [0.05, 0.1) is 5.56 Å². The first kappa shape index (κ1) is 13.2. The summed E-state index contributed by atoms with van der Waals surface area (Å²) in [5.74, 6) is 0.848. The SMILES string of the molecule is CN(C)C(=O)Oc1ccccc1-c1nc2ccccc2o1. The van der Waals surface area contributed by atoms with E-state index in [0.29, 0.717) is 22.8 Å². The maximum atomic E-state index is 11.7. The second kappa shape index (κ2) is 5.28. The van der Waals surface area contributed by atoms with Crippen LogP contribution in [0.5, 0.6) is 5.75 Å². The summed E-state index contributed by atoms with van der Waals surface area (Å²) in [5.41, 5.74) is 2.10. The van der Waals surface area contributed by atoms with Gasteiger partial charge in [-0.15, -0.1) is 0 Å². The molecule has 0 aliphatic heterocycles. The van der Waals surface area contributed by atoms with Crippen molar-refractivity contribution < 1.29 is 13.9 Å². The molecule has 0 saturated heterocycles. The minimum atomic E-state index is -0.446. The van der Waals surface area contributed by atoms with Gasteiger partial charge in [0.15, 0.2) is 5.58 Å². The number of hydrogen-bond donors (Lipinski definition) is 0. The summed E-state index contributed by atoms with van der Waals surface area (Å²) in [6.07, 6.45) is -0.446. The number of oxazole rings is 1. The van der Waals surface area contributed by atoms with Crippen LogP contribution in [0.4, 0.5) is 4.79 Å². The fourth-order valence-electron chi connectivity index (χ4n) is 1.91. The highest BCUT2D eigenvalue weighted by molar-refractivity contribution is 5.79. The van der Waals surface area contributed by atoms with Gasteiger partial charge in [-0.3, -0.25) is 0 Å². The summed E-state index contributed by atoms with van der Waals surface area (Å²) in [7, 11) is 3.26. The molecular weight excluding hydrogens is 268 g/mol. The van der Waals surface area contributed by atoms with Crippen molar-refractivity contribution in [1.82, 2.24) is 9.88 Å². The molecule has 1 amide bonds. The number of ether oxygens (including phenoxy) is 1. The summed E-state index contributed by atoms with van der Waals surface area (Å²) < 4.78 is 11.1. The van der Waals surface area contributed by atoms with Crippen LogP contribution >= 0.6 is 0 Å². The van der Waals surface area contributed by atoms with Gasteiger partial charge in [-0.05, 0) is 24.3 Å². The third-order valence-corrected chi connectivity index (χ3v) is 2.97. The zero-order valence-electron chi connectivity index (χ0n) is 11.7. The average Bonchev–Trinajstić information content (AvgIpc) is 2.91. The molecule has 0 unspecified atom stereocenters. The molecule has 3 rings (SSSR count). The molecule has 0 N–H and O–H groups in total. The molecule has 0 saturated carbocycles. The predicted octanol–water partition coefficient (Wildman–Crippen LogP) is 3.56. The maximum absolute atomic E-state index is 11.7. The Labute approximate surface area is 121 Å². The van der Waals surface area contributed by atoms with Gasteiger partial charge in [0.2, 0.25) is 5.89 Å². The van der Waals surface area contributed by atoms with E-state index in [1.165, 1.54) is 4.90 Å². The molecule has 0 bridgehead atoms. The quantitative estimate of drug-likeness (QED) is 0.721. The standard InChI is InChI=1S/C16H14N2O3/c1-18(2)16(19)21-13-9-5-3-7-11(13)15-17-12-8-4-6-10-14(12)20-15/h3-10H,1-2H3. The first-order chi connectivity index (χ1) is 10.1. The topological polar surface area (TPSA) is 55.6 Å². The third kappa shape index (κ3) is 2.58. The van der Waals surface area contributed by atoms with Crippen LogP contribution in [0, 0.1) is 0 Å². The molecule has 2 aromatic carbocycles. The van der Waals surface area contributed by atoms with Crippen LogP contribution in [0.1, 0.15) is 0 Å². The van der Waals surface area contributed by atoms with Crippen LogP contribution in [-0.2, 0) is 0 Å². The summed E-state index contributed by atoms with van der Waals surface area (Å²) in [5, 5.41) is 0. The molecule has 0 atom stereocenters. The molecule has 0 fully saturated rings. The van der Waals surface area contributed by atoms with Crippen molar-refractivity contribution in [2.24, 2.45) is 0 Å². The Bertz CT molecular complexity index is 760. The van der Waals surface area contributed by atoms with Gasteiger partial charge in [0.25, 0.3) is 0 Å². The van der Waals surface area contributed by atoms with E-state index in [-0.39, 0.29) is 0 Å². The number of rotatable bonds is 2. The van der Waals surface area contributed by atoms with Gasteiger partial charge < -0.3 is 14.1 Å². The van der Waals surface area contributed by atoms with Crippen molar-refractivity contribution in [3.63, 3.8) is 0 Å². The molecule has 0 aliphatic carbocycles. The lowest BCUT2D eigenvalue weighted by molar-refractivity contribution is 0.172. The van der Waals surface area contributed by atoms with E-state index >= 15 is 0 Å². The molecule has 0 radical (unpaired) electrons. The Kier molecular flexibility index (Phi) is 3.31. The lowest BCUT2D eigenvalue weighted by atomic mass is 10.2. The summed E-state index contributed by atoms with van der Waals surface area (Å²) in [4.78, 5) is 17.5. The number of fused-ring (bicyclic) bond motifs is 1. The fourth-order valence-corrected chi connectivity index (χ4v) is 1.91. The first-order valence-electron chi connectivity index (χ1n) is 6.49. The monoisotopic (exact) mass is 282 g/mol. The molecule has 0 aliphatic rings. The Balaban J connectivity index is 2.03. The van der Waals surface area contributed by atoms with Crippen molar-refractivity contribution in [1.29, 1.82) is 0 Å². The smallest absolute Gasteiger partial charge is 0.414 e. The number of benzene rings is 2. The normalized spacial score (nSPS) is 10.6. The van der Waals surface area contributed by atoms with Crippen molar-refractivity contribution in [2.75, 3.05) is 14.1 Å². The highest BCUT2D eigenvalue weighted by Crippen LogP contribution is 2.31. The second-order valence-corrected chi connectivity index (χ2v) is 4.75. The van der Waals surface area contributed by atoms with Crippen LogP contribution < -0.4 is 4.74 Å². The van der Waals surface area contributed by atoms with Crippen LogP contribution in [0.3, 0.4) is 0 Å². The van der Waals surface area contributed by atoms with E-state index in [1.807, 2.05) is 36.4 Å². The molecule has 1 aromatic heterocycles. The van der Waals surface area contributed by atoms with E-state index in [0.717, 1.165) is 5.52 Å². The van der Waals surface area contributed by atoms with Gasteiger partial charge >= 0.3 is 6.09 Å². The van der Waals surface area contributed by atoms with Crippen LogP contribution in [0.2, 0.25) is 0 Å². The Morgan fingerprint density at radius 2 is 1.81 bits per heavy atom. The van der Waals surface area contributed by atoms with E-state index in [1.54, 1.807) is 26.2 Å². The molecular formula is C16H14N2O3. The van der Waals surface area contributed by atoms with Gasteiger partial charge in [0.1, 0.15) is 11.3 Å². The second-order valence-electron chi connectivity index (χ2n) is 4.75. The molecule has 5 heteroatoms. The Morgan fingerprint density at radius 1 is 1.10 bits per heavy atom. The molecule has 21 heavy (non-hydrogen) atoms. The number of para-hydroxylation sites is 3. The number of amides is 1. The summed E-state index contributed by atoms with van der Waals surface area (Å²) in [6, 6.07) is 14.7. The van der Waals surface area contributed by atoms with Crippen molar-refractivity contribution in [3.8, 4) is 17.2 Å². The lowest BCUT2D eigenvalue weighted by Gasteiger charge is -2.12. The van der Waals surface area contributed by atoms with Crippen LogP contribution in [-0.4, -0.2) is 30.1 Å². The largest absolute Gasteiger partial charge is 0.436 e. The highest BCUT2D eigenvalue weighted by atomic mass is 16.6. The maximum Gasteiger partial charge on any atom is 0.414 e. The zero-order valence-corrected chi connectivity index (χ0v) is 11.7. The predicted molar refractivity (Wildman–Crippen MR) is 79.2 cm³/mol. The highest BCUT2D eigenvalue weighted by Gasteiger charge is 2.16. The van der Waals surface area contributed by atoms with E-state index < -0.39 is 6.09 Å². The fraction of sp³-hybridized carbons (Fsp3) is 0.125. The van der Waals surface area contributed by atoms with Crippen molar-refractivity contribution in [3.05, 3.63) is 48.5 Å². The lowest BCUT2D eigenvalue weighted by Crippen LogP contribution is -2.25. The van der Waals surface area contributed by atoms with Crippen molar-refractivity contribution >= 4 is 17.2 Å². The molecule has 3 aromatic rings. The van der Waals surface area contributed by atoms with E-state index in [4.69, 9.17) is 9.15 Å². The van der Waals surface area contributed by atoms with Crippen molar-refractivity contribution in [2.45, 2.75) is 0 Å². The summed E-state index contributed by atoms with van der Waals surface area (Å²) in [6.45, 7) is 0. The Hall–Kier alpha value is -2.82. The van der Waals surface area contributed by atoms with E-state index in [9.17, 15) is 4.79 Å². The minimum absolute atomic E-state index is 0.419. The van der Waals surface area contributed by atoms with Crippen LogP contribution in [0.15, 0.2) is 52.9 Å². The van der Waals surface area contributed by atoms with Gasteiger partial charge in [0, 0.05) is 14.1 Å². The average molecular weight is 282 g/mol. The molecule has 5 nitrogen and oxygen atoms in total. The van der Waals surface area contributed by atoms with E-state index in [2.05, 4.69) is 4.98 Å². The number of aromatic nitrogens is 1. The van der Waals surface area contributed by atoms with Crippen LogP contribution in [0.25, 0.3) is 22.6 Å². The van der Waals surface area contributed by atoms with Gasteiger partial charge in [-0.25, -0.2) is 9.78 Å². The minimum Gasteiger partial charge on any atom is -0.436 e. The number of nitrogens with zero attached hydrogens (tertiary/aromatic N) is 2. The van der Waals surface area contributed by atoms with Gasteiger partial charge in [-0.1, -0.05) is 24.3 Å². The summed E-state index contributed by atoms with van der Waals surface area (Å²) >= 11 is 0. The third-order valence-electron chi connectivity index (χ3n) is 2.97. The Morgan fingerprint density at radius 3 is 2.57 bits per heavy atom. The molecule has 1 heterocycles. The number of carbonyl (C=O) groups excluding carboxylic acids is 1. The number of hydrogen-bond acceptors (Lipinski definition) is 4.